The molecule has 2 atom stereocenters. The second-order valence-corrected chi connectivity index (χ2v) is 6.09. The molecule has 0 spiro atoms. The molecule has 0 saturated carbocycles. The SMILES string of the molecule is Cc1ccc(C(=O)NC(C)CCS(C)=O)c(N)c1. The zero-order valence-corrected chi connectivity index (χ0v) is 11.8. The molecule has 0 heterocycles. The van der Waals surface area contributed by atoms with E-state index in [1.807, 2.05) is 19.9 Å². The van der Waals surface area contributed by atoms with E-state index >= 15 is 0 Å². The Balaban J connectivity index is 2.62. The largest absolute Gasteiger partial charge is 0.398 e. The summed E-state index contributed by atoms with van der Waals surface area (Å²) in [6, 6.07) is 5.35. The number of anilines is 1. The van der Waals surface area contributed by atoms with E-state index in [0.717, 1.165) is 5.56 Å². The van der Waals surface area contributed by atoms with E-state index in [1.54, 1.807) is 18.4 Å². The number of amides is 1. The summed E-state index contributed by atoms with van der Waals surface area (Å²) in [6.07, 6.45) is 2.35. The summed E-state index contributed by atoms with van der Waals surface area (Å²) in [5, 5.41) is 2.86. The molecule has 1 aromatic rings. The van der Waals surface area contributed by atoms with Crippen molar-refractivity contribution in [2.24, 2.45) is 0 Å². The molecule has 1 amide bonds. The van der Waals surface area contributed by atoms with Gasteiger partial charge >= 0.3 is 0 Å². The van der Waals surface area contributed by atoms with Crippen molar-refractivity contribution in [2.75, 3.05) is 17.7 Å². The number of hydrogen-bond acceptors (Lipinski definition) is 3. The lowest BCUT2D eigenvalue weighted by molar-refractivity contribution is 0.0940. The molecule has 0 aromatic heterocycles. The van der Waals surface area contributed by atoms with Crippen LogP contribution in [0.25, 0.3) is 0 Å². The van der Waals surface area contributed by atoms with Gasteiger partial charge in [-0.3, -0.25) is 9.00 Å². The van der Waals surface area contributed by atoms with Gasteiger partial charge in [-0.25, -0.2) is 0 Å². The van der Waals surface area contributed by atoms with E-state index in [2.05, 4.69) is 5.32 Å². The number of benzene rings is 1. The van der Waals surface area contributed by atoms with Crippen LogP contribution in [0.3, 0.4) is 0 Å². The number of hydrogen-bond donors (Lipinski definition) is 2. The van der Waals surface area contributed by atoms with Gasteiger partial charge in [0.25, 0.3) is 5.91 Å². The number of carbonyl (C=O) groups is 1. The van der Waals surface area contributed by atoms with Crippen molar-refractivity contribution >= 4 is 22.4 Å². The van der Waals surface area contributed by atoms with Gasteiger partial charge in [-0.05, 0) is 38.0 Å². The van der Waals surface area contributed by atoms with Crippen molar-refractivity contribution < 1.29 is 9.00 Å². The third-order valence-electron chi connectivity index (χ3n) is 2.67. The van der Waals surface area contributed by atoms with Gasteiger partial charge in [-0.2, -0.15) is 0 Å². The van der Waals surface area contributed by atoms with Crippen LogP contribution in [0.5, 0.6) is 0 Å². The van der Waals surface area contributed by atoms with Crippen LogP contribution < -0.4 is 11.1 Å². The second-order valence-electron chi connectivity index (χ2n) is 4.53. The highest BCUT2D eigenvalue weighted by Crippen LogP contribution is 2.13. The van der Waals surface area contributed by atoms with Gasteiger partial charge < -0.3 is 11.1 Å². The van der Waals surface area contributed by atoms with Crippen LogP contribution in [-0.2, 0) is 10.8 Å². The first kappa shape index (κ1) is 14.7. The lowest BCUT2D eigenvalue weighted by atomic mass is 10.1. The van der Waals surface area contributed by atoms with E-state index < -0.39 is 10.8 Å². The lowest BCUT2D eigenvalue weighted by Gasteiger charge is -2.14. The molecular weight excluding hydrogens is 248 g/mol. The van der Waals surface area contributed by atoms with Gasteiger partial charge in [0.05, 0.1) is 5.56 Å². The monoisotopic (exact) mass is 268 g/mol. The molecular formula is C13H20N2O2S. The molecule has 1 rings (SSSR count). The zero-order valence-electron chi connectivity index (χ0n) is 11.0. The Morgan fingerprint density at radius 1 is 1.50 bits per heavy atom. The number of nitrogens with two attached hydrogens (primary N) is 1. The fourth-order valence-corrected chi connectivity index (χ4v) is 2.29. The van der Waals surface area contributed by atoms with E-state index in [-0.39, 0.29) is 11.9 Å². The molecule has 0 bridgehead atoms. The smallest absolute Gasteiger partial charge is 0.253 e. The van der Waals surface area contributed by atoms with Gasteiger partial charge in [0.1, 0.15) is 0 Å². The maximum absolute atomic E-state index is 12.0. The molecule has 0 aliphatic carbocycles. The quantitative estimate of drug-likeness (QED) is 0.794. The minimum atomic E-state index is -0.829. The molecule has 0 saturated heterocycles. The maximum atomic E-state index is 12.0. The topological polar surface area (TPSA) is 72.2 Å². The average Bonchev–Trinajstić information content (AvgIpc) is 2.26. The molecule has 2 unspecified atom stereocenters. The Morgan fingerprint density at radius 3 is 2.72 bits per heavy atom. The Labute approximate surface area is 110 Å². The Hall–Kier alpha value is -1.36. The number of aryl methyl sites for hydroxylation is 1. The van der Waals surface area contributed by atoms with Crippen LogP contribution in [0.1, 0.15) is 29.3 Å². The molecule has 0 radical (unpaired) electrons. The molecule has 4 nitrogen and oxygen atoms in total. The average molecular weight is 268 g/mol. The van der Waals surface area contributed by atoms with Crippen molar-refractivity contribution in [3.63, 3.8) is 0 Å². The van der Waals surface area contributed by atoms with Crippen molar-refractivity contribution in [2.45, 2.75) is 26.3 Å². The van der Waals surface area contributed by atoms with Gasteiger partial charge in [-0.15, -0.1) is 0 Å². The summed E-state index contributed by atoms with van der Waals surface area (Å²) in [7, 11) is -0.829. The number of carbonyl (C=O) groups excluding carboxylic acids is 1. The predicted molar refractivity (Wildman–Crippen MR) is 76.1 cm³/mol. The normalized spacial score (nSPS) is 13.9. The Bertz CT molecular complexity index is 460. The molecule has 3 N–H and O–H groups in total. The van der Waals surface area contributed by atoms with Crippen LogP contribution in [0, 0.1) is 6.92 Å². The minimum Gasteiger partial charge on any atom is -0.398 e. The molecule has 1 aromatic carbocycles. The summed E-state index contributed by atoms with van der Waals surface area (Å²) >= 11 is 0. The van der Waals surface area contributed by atoms with Crippen molar-refractivity contribution in [3.8, 4) is 0 Å². The second kappa shape index (κ2) is 6.54. The summed E-state index contributed by atoms with van der Waals surface area (Å²) in [6.45, 7) is 3.83. The van der Waals surface area contributed by atoms with Crippen molar-refractivity contribution in [3.05, 3.63) is 29.3 Å². The highest BCUT2D eigenvalue weighted by atomic mass is 32.2. The number of nitrogens with one attached hydrogen (secondary N) is 1. The molecule has 100 valence electrons. The first-order valence-corrected chi connectivity index (χ1v) is 7.60. The first-order chi connectivity index (χ1) is 8.40. The molecule has 0 fully saturated rings. The van der Waals surface area contributed by atoms with Crippen LogP contribution in [0.4, 0.5) is 5.69 Å². The van der Waals surface area contributed by atoms with E-state index in [9.17, 15) is 9.00 Å². The Kier molecular flexibility index (Phi) is 5.34. The summed E-state index contributed by atoms with van der Waals surface area (Å²) in [5.74, 6) is 0.409. The zero-order chi connectivity index (χ0) is 13.7. The number of nitrogen functional groups attached to an aromatic ring is 1. The van der Waals surface area contributed by atoms with Crippen LogP contribution in [-0.4, -0.2) is 28.2 Å². The summed E-state index contributed by atoms with van der Waals surface area (Å²) in [4.78, 5) is 12.0. The summed E-state index contributed by atoms with van der Waals surface area (Å²) in [5.41, 5.74) is 7.81. The third kappa shape index (κ3) is 4.49. The van der Waals surface area contributed by atoms with Crippen LogP contribution in [0.2, 0.25) is 0 Å². The molecule has 5 heteroatoms. The fraction of sp³-hybridized carbons (Fsp3) is 0.462. The highest BCUT2D eigenvalue weighted by Gasteiger charge is 2.12. The minimum absolute atomic E-state index is 0.0119. The predicted octanol–water partition coefficient (Wildman–Crippen LogP) is 1.46. The van der Waals surface area contributed by atoms with E-state index in [1.165, 1.54) is 0 Å². The lowest BCUT2D eigenvalue weighted by Crippen LogP contribution is -2.33. The Morgan fingerprint density at radius 2 is 2.17 bits per heavy atom. The maximum Gasteiger partial charge on any atom is 0.253 e. The van der Waals surface area contributed by atoms with E-state index in [0.29, 0.717) is 23.4 Å². The van der Waals surface area contributed by atoms with Crippen LogP contribution >= 0.6 is 0 Å². The highest BCUT2D eigenvalue weighted by molar-refractivity contribution is 7.84. The molecule has 0 aliphatic heterocycles. The first-order valence-electron chi connectivity index (χ1n) is 5.87. The van der Waals surface area contributed by atoms with Crippen molar-refractivity contribution in [1.29, 1.82) is 0 Å². The molecule has 0 aliphatic rings. The standard InChI is InChI=1S/C13H20N2O2S/c1-9-4-5-11(12(14)8-9)13(16)15-10(2)6-7-18(3)17/h4-5,8,10H,6-7,14H2,1-3H3,(H,15,16). The third-order valence-corrected chi connectivity index (χ3v) is 3.48. The van der Waals surface area contributed by atoms with Gasteiger partial charge in [0.2, 0.25) is 0 Å². The van der Waals surface area contributed by atoms with Gasteiger partial charge in [-0.1, -0.05) is 6.07 Å². The van der Waals surface area contributed by atoms with Crippen molar-refractivity contribution in [1.82, 2.24) is 5.32 Å². The molecule has 18 heavy (non-hydrogen) atoms. The fourth-order valence-electron chi connectivity index (χ4n) is 1.61. The van der Waals surface area contributed by atoms with Gasteiger partial charge in [0.15, 0.2) is 0 Å². The van der Waals surface area contributed by atoms with Crippen LogP contribution in [0.15, 0.2) is 18.2 Å². The number of rotatable bonds is 5. The van der Waals surface area contributed by atoms with E-state index in [4.69, 9.17) is 5.73 Å². The van der Waals surface area contributed by atoms with Gasteiger partial charge in [0, 0.05) is 34.5 Å². The summed E-state index contributed by atoms with van der Waals surface area (Å²) < 4.78 is 11.0.